The van der Waals surface area contributed by atoms with Crippen LogP contribution in [-0.4, -0.2) is 74.9 Å². The largest absolute Gasteiger partial charge is 0.472 e. The second-order valence-corrected chi connectivity index (χ2v) is 22.5. The molecule has 0 aliphatic carbocycles. The van der Waals surface area contributed by atoms with Crippen LogP contribution in [0.3, 0.4) is 0 Å². The Hall–Kier alpha value is -2.03. The van der Waals surface area contributed by atoms with Crippen molar-refractivity contribution < 1.29 is 42.1 Å². The van der Waals surface area contributed by atoms with Crippen LogP contribution in [0.25, 0.3) is 0 Å². The topological polar surface area (TPSA) is 108 Å². The zero-order valence-corrected chi connectivity index (χ0v) is 47.4. The standard InChI is InChI=1S/C60H112NO8P/c1-6-8-10-12-13-14-15-16-17-18-19-20-21-22-23-24-25-26-27-28-29-30-31-32-33-34-35-36-37-38-39-40-41-42-43-44-45-46-47-49-51-53-60(63)69-58(56-66-59(62)52-50-48-11-9-7-2)57-68-70(64,65)67-55-54-61(3,4)5/h8,10,13-14,16-17,19-20,58H,6-7,9,11-12,15,18,21-57H2,1-5H3/p+1/b10-8-,14-13-,17-16-,20-19-. The van der Waals surface area contributed by atoms with Gasteiger partial charge in [0.15, 0.2) is 6.10 Å². The average molecular weight is 1010 g/mol. The van der Waals surface area contributed by atoms with E-state index in [2.05, 4.69) is 62.5 Å². The predicted octanol–water partition coefficient (Wildman–Crippen LogP) is 18.1. The van der Waals surface area contributed by atoms with Gasteiger partial charge in [0.2, 0.25) is 0 Å². The molecule has 0 aromatic heterocycles. The Bertz CT molecular complexity index is 1320. The molecular weight excluding hydrogens is 894 g/mol. The first-order valence-corrected chi connectivity index (χ1v) is 30.9. The quantitative estimate of drug-likeness (QED) is 0.0211. The number of carbonyl (C=O) groups is 2. The molecular formula is C60H113NO8P+. The Balaban J connectivity index is 3.68. The van der Waals surface area contributed by atoms with Gasteiger partial charge in [-0.15, -0.1) is 0 Å². The van der Waals surface area contributed by atoms with Gasteiger partial charge in [0.1, 0.15) is 19.8 Å². The third-order valence-electron chi connectivity index (χ3n) is 12.9. The normalized spacial score (nSPS) is 13.6. The summed E-state index contributed by atoms with van der Waals surface area (Å²) in [7, 11) is 1.49. The second kappa shape index (κ2) is 51.9. The van der Waals surface area contributed by atoms with Gasteiger partial charge in [-0.1, -0.05) is 255 Å². The van der Waals surface area contributed by atoms with Gasteiger partial charge in [-0.25, -0.2) is 4.57 Å². The highest BCUT2D eigenvalue weighted by atomic mass is 31.2. The zero-order valence-electron chi connectivity index (χ0n) is 46.5. The molecule has 0 saturated heterocycles. The number of hydrogen-bond acceptors (Lipinski definition) is 7. The summed E-state index contributed by atoms with van der Waals surface area (Å²) in [5.41, 5.74) is 0. The minimum absolute atomic E-state index is 0.0342. The molecule has 0 aliphatic rings. The van der Waals surface area contributed by atoms with Gasteiger partial charge in [0.25, 0.3) is 0 Å². The molecule has 0 aromatic rings. The molecule has 2 unspecified atom stereocenters. The molecule has 0 spiro atoms. The molecule has 9 nitrogen and oxygen atoms in total. The van der Waals surface area contributed by atoms with Gasteiger partial charge >= 0.3 is 19.8 Å². The summed E-state index contributed by atoms with van der Waals surface area (Å²) in [6, 6.07) is 0. The number of carbonyl (C=O) groups excluding carboxylic acids is 2. The fourth-order valence-corrected chi connectivity index (χ4v) is 9.10. The van der Waals surface area contributed by atoms with Crippen molar-refractivity contribution in [3.05, 3.63) is 48.6 Å². The summed E-state index contributed by atoms with van der Waals surface area (Å²) < 4.78 is 34.2. The lowest BCUT2D eigenvalue weighted by molar-refractivity contribution is -0.870. The van der Waals surface area contributed by atoms with Gasteiger partial charge in [-0.2, -0.15) is 0 Å². The molecule has 0 heterocycles. The second-order valence-electron chi connectivity index (χ2n) is 21.0. The van der Waals surface area contributed by atoms with Gasteiger partial charge in [0, 0.05) is 12.8 Å². The number of hydrogen-bond donors (Lipinski definition) is 1. The maximum Gasteiger partial charge on any atom is 0.472 e. The maximum atomic E-state index is 12.7. The zero-order chi connectivity index (χ0) is 51.3. The number of nitrogens with zero attached hydrogens (tertiary/aromatic N) is 1. The van der Waals surface area contributed by atoms with Crippen LogP contribution in [0, 0.1) is 0 Å². The molecule has 410 valence electrons. The number of rotatable bonds is 54. The first kappa shape index (κ1) is 68.0. The van der Waals surface area contributed by atoms with Crippen molar-refractivity contribution in [3.63, 3.8) is 0 Å². The van der Waals surface area contributed by atoms with Crippen molar-refractivity contribution in [1.82, 2.24) is 0 Å². The average Bonchev–Trinajstić information content (AvgIpc) is 3.32. The van der Waals surface area contributed by atoms with Crippen LogP contribution < -0.4 is 0 Å². The van der Waals surface area contributed by atoms with Crippen LogP contribution in [0.15, 0.2) is 48.6 Å². The fraction of sp³-hybridized carbons (Fsp3) is 0.833. The summed E-state index contributed by atoms with van der Waals surface area (Å²) in [4.78, 5) is 35.2. The minimum atomic E-state index is -4.36. The number of allylic oxidation sites excluding steroid dienone is 8. The highest BCUT2D eigenvalue weighted by Crippen LogP contribution is 2.43. The molecule has 0 saturated carbocycles. The van der Waals surface area contributed by atoms with Crippen molar-refractivity contribution in [1.29, 1.82) is 0 Å². The molecule has 0 radical (unpaired) electrons. The number of quaternary nitrogens is 1. The smallest absolute Gasteiger partial charge is 0.462 e. The van der Waals surface area contributed by atoms with Crippen LogP contribution in [-0.2, 0) is 32.7 Å². The monoisotopic (exact) mass is 1010 g/mol. The van der Waals surface area contributed by atoms with Gasteiger partial charge in [-0.05, 0) is 51.4 Å². The molecule has 0 aromatic carbocycles. The predicted molar refractivity (Wildman–Crippen MR) is 298 cm³/mol. The molecule has 70 heavy (non-hydrogen) atoms. The van der Waals surface area contributed by atoms with Crippen LogP contribution >= 0.6 is 7.82 Å². The number of phosphoric acid groups is 1. The Kier molecular flexibility index (Phi) is 50.4. The van der Waals surface area contributed by atoms with Crippen molar-refractivity contribution in [2.45, 2.75) is 277 Å². The number of esters is 2. The number of phosphoric ester groups is 1. The van der Waals surface area contributed by atoms with E-state index in [0.29, 0.717) is 17.4 Å². The number of likely N-dealkylation sites (N-methyl/N-ethyl adjacent to an activating group) is 1. The summed E-state index contributed by atoms with van der Waals surface area (Å²) in [6.07, 6.45) is 65.7. The van der Waals surface area contributed by atoms with E-state index in [4.69, 9.17) is 18.5 Å². The molecule has 1 N–H and O–H groups in total. The van der Waals surface area contributed by atoms with E-state index in [-0.39, 0.29) is 32.0 Å². The first-order chi connectivity index (χ1) is 34.0. The molecule has 0 fully saturated rings. The molecule has 0 rings (SSSR count). The first-order valence-electron chi connectivity index (χ1n) is 29.4. The molecule has 0 amide bonds. The number of unbranched alkanes of at least 4 members (excludes halogenated alkanes) is 32. The van der Waals surface area contributed by atoms with Gasteiger partial charge < -0.3 is 18.9 Å². The van der Waals surface area contributed by atoms with Gasteiger partial charge in [-0.3, -0.25) is 18.6 Å². The fourth-order valence-electron chi connectivity index (χ4n) is 8.36. The maximum absolute atomic E-state index is 12.7. The van der Waals surface area contributed by atoms with E-state index in [9.17, 15) is 19.0 Å². The van der Waals surface area contributed by atoms with E-state index in [1.54, 1.807) is 0 Å². The van der Waals surface area contributed by atoms with Crippen LogP contribution in [0.5, 0.6) is 0 Å². The van der Waals surface area contributed by atoms with E-state index in [1.807, 2.05) is 21.1 Å². The van der Waals surface area contributed by atoms with E-state index in [1.165, 1.54) is 167 Å². The van der Waals surface area contributed by atoms with Crippen LogP contribution in [0.4, 0.5) is 0 Å². The molecule has 0 aliphatic heterocycles. The highest BCUT2D eigenvalue weighted by molar-refractivity contribution is 7.47. The summed E-state index contributed by atoms with van der Waals surface area (Å²) in [6.45, 7) is 4.24. The Morgan fingerprint density at radius 3 is 1.21 bits per heavy atom. The Morgan fingerprint density at radius 1 is 0.457 bits per heavy atom. The lowest BCUT2D eigenvalue weighted by Gasteiger charge is -2.24. The van der Waals surface area contributed by atoms with E-state index < -0.39 is 26.5 Å². The highest BCUT2D eigenvalue weighted by Gasteiger charge is 2.27. The van der Waals surface area contributed by atoms with Crippen LogP contribution in [0.1, 0.15) is 271 Å². The third kappa shape index (κ3) is 55.3. The Morgan fingerprint density at radius 2 is 0.814 bits per heavy atom. The van der Waals surface area contributed by atoms with E-state index >= 15 is 0 Å². The molecule has 2 atom stereocenters. The summed E-state index contributed by atoms with van der Waals surface area (Å²) in [5.74, 6) is -0.801. The summed E-state index contributed by atoms with van der Waals surface area (Å²) >= 11 is 0. The lowest BCUT2D eigenvalue weighted by atomic mass is 10.0. The van der Waals surface area contributed by atoms with Crippen molar-refractivity contribution in [3.8, 4) is 0 Å². The molecule has 0 bridgehead atoms. The third-order valence-corrected chi connectivity index (χ3v) is 13.9. The van der Waals surface area contributed by atoms with Crippen molar-refractivity contribution in [2.75, 3.05) is 47.5 Å². The van der Waals surface area contributed by atoms with Crippen LogP contribution in [0.2, 0.25) is 0 Å². The van der Waals surface area contributed by atoms with Gasteiger partial charge in [0.05, 0.1) is 27.7 Å². The lowest BCUT2D eigenvalue weighted by Crippen LogP contribution is -2.37. The van der Waals surface area contributed by atoms with Crippen molar-refractivity contribution in [2.24, 2.45) is 0 Å². The minimum Gasteiger partial charge on any atom is -0.462 e. The SMILES string of the molecule is CC/C=C\C/C=C\C/C=C\C/C=C\CCCCCCCCCCCCCCCCCCCCCCCCCCCCCCC(=O)OC(COC(=O)CCCCCCC)COP(=O)(O)OCC[N+](C)(C)C. The summed E-state index contributed by atoms with van der Waals surface area (Å²) in [5, 5.41) is 0. The van der Waals surface area contributed by atoms with Crippen molar-refractivity contribution >= 4 is 19.8 Å². The number of ether oxygens (including phenoxy) is 2. The van der Waals surface area contributed by atoms with E-state index in [0.717, 1.165) is 70.6 Å². The Labute approximate surface area is 433 Å². The molecule has 10 heteroatoms.